The zero-order valence-electron chi connectivity index (χ0n) is 11.7. The molecule has 0 bridgehead atoms. The molecule has 7 heteroatoms. The van der Waals surface area contributed by atoms with Crippen molar-refractivity contribution in [2.45, 2.75) is 26.7 Å². The van der Waals surface area contributed by atoms with Gasteiger partial charge in [-0.2, -0.15) is 5.10 Å². The number of nitrogen functional groups attached to an aromatic ring is 1. The Morgan fingerprint density at radius 1 is 1.20 bits per heavy atom. The molecule has 2 aromatic rings. The largest absolute Gasteiger partial charge is 0.384 e. The molecule has 0 unspecified atom stereocenters. The van der Waals surface area contributed by atoms with E-state index in [1.54, 1.807) is 29.3 Å². The summed E-state index contributed by atoms with van der Waals surface area (Å²) >= 11 is 0. The summed E-state index contributed by atoms with van der Waals surface area (Å²) in [6, 6.07) is 1.76. The van der Waals surface area contributed by atoms with E-state index < -0.39 is 0 Å². The minimum Gasteiger partial charge on any atom is -0.384 e. The van der Waals surface area contributed by atoms with E-state index in [9.17, 15) is 0 Å². The molecule has 0 fully saturated rings. The van der Waals surface area contributed by atoms with Gasteiger partial charge in [-0.15, -0.1) is 0 Å². The number of aromatic nitrogens is 4. The lowest BCUT2D eigenvalue weighted by atomic mass is 10.3. The van der Waals surface area contributed by atoms with Crippen molar-refractivity contribution in [3.8, 4) is 11.4 Å². The number of hydrogen-bond acceptors (Lipinski definition) is 6. The van der Waals surface area contributed by atoms with Crippen molar-refractivity contribution in [2.24, 2.45) is 0 Å². The van der Waals surface area contributed by atoms with Gasteiger partial charge in [0.2, 0.25) is 0 Å². The molecule has 0 spiro atoms. The first kappa shape index (κ1) is 14.4. The molecule has 0 radical (unpaired) electrons. The molecule has 0 saturated carbocycles. The predicted molar refractivity (Wildman–Crippen MR) is 74.7 cm³/mol. The van der Waals surface area contributed by atoms with Gasteiger partial charge >= 0.3 is 0 Å². The zero-order chi connectivity index (χ0) is 14.4. The van der Waals surface area contributed by atoms with Gasteiger partial charge in [0.05, 0.1) is 12.7 Å². The van der Waals surface area contributed by atoms with Crippen molar-refractivity contribution in [1.29, 1.82) is 0 Å². The second-order valence-electron chi connectivity index (χ2n) is 4.07. The predicted octanol–water partition coefficient (Wildman–Crippen LogP) is 1.32. The highest BCUT2D eigenvalue weighted by Gasteiger charge is 2.14. The second-order valence-corrected chi connectivity index (χ2v) is 4.07. The molecule has 0 aliphatic rings. The van der Waals surface area contributed by atoms with Crippen LogP contribution in [0.2, 0.25) is 0 Å². The lowest BCUT2D eigenvalue weighted by Crippen LogP contribution is -2.25. The highest BCUT2D eigenvalue weighted by atomic mass is 16.7. The van der Waals surface area contributed by atoms with Gasteiger partial charge in [0, 0.05) is 31.7 Å². The maximum absolute atomic E-state index is 5.96. The summed E-state index contributed by atoms with van der Waals surface area (Å²) in [7, 11) is 0. The first-order valence-corrected chi connectivity index (χ1v) is 6.57. The molecule has 0 amide bonds. The summed E-state index contributed by atoms with van der Waals surface area (Å²) in [5.74, 6) is 0.537. The number of nitrogens with zero attached hydrogens (tertiary/aromatic N) is 4. The van der Waals surface area contributed by atoms with Crippen LogP contribution in [0.1, 0.15) is 13.8 Å². The second kappa shape index (κ2) is 6.97. The van der Waals surface area contributed by atoms with Crippen molar-refractivity contribution in [1.82, 2.24) is 19.7 Å². The SMILES string of the molecule is CCOC(Cn1nc(-c2cnccn2)cc1N)OCC. The number of rotatable bonds is 7. The molecule has 7 nitrogen and oxygen atoms in total. The van der Waals surface area contributed by atoms with Gasteiger partial charge in [0.15, 0.2) is 6.29 Å². The molecular formula is C13H19N5O2. The van der Waals surface area contributed by atoms with E-state index in [1.807, 2.05) is 13.8 Å². The maximum Gasteiger partial charge on any atom is 0.177 e. The Bertz CT molecular complexity index is 523. The van der Waals surface area contributed by atoms with Crippen LogP contribution < -0.4 is 5.73 Å². The van der Waals surface area contributed by atoms with Crippen molar-refractivity contribution >= 4 is 5.82 Å². The van der Waals surface area contributed by atoms with Crippen LogP contribution in [-0.4, -0.2) is 39.3 Å². The molecule has 2 rings (SSSR count). The average molecular weight is 277 g/mol. The van der Waals surface area contributed by atoms with E-state index >= 15 is 0 Å². The van der Waals surface area contributed by atoms with Crippen LogP contribution in [0.3, 0.4) is 0 Å². The molecule has 0 aliphatic carbocycles. The van der Waals surface area contributed by atoms with Gasteiger partial charge in [0.25, 0.3) is 0 Å². The highest BCUT2D eigenvalue weighted by Crippen LogP contribution is 2.17. The molecule has 2 heterocycles. The number of nitrogens with two attached hydrogens (primary N) is 1. The number of hydrogen-bond donors (Lipinski definition) is 1. The van der Waals surface area contributed by atoms with Gasteiger partial charge < -0.3 is 15.2 Å². The Labute approximate surface area is 117 Å². The third-order valence-electron chi connectivity index (χ3n) is 2.66. The van der Waals surface area contributed by atoms with Crippen LogP contribution >= 0.6 is 0 Å². The summed E-state index contributed by atoms with van der Waals surface area (Å²) in [5.41, 5.74) is 7.33. The summed E-state index contributed by atoms with van der Waals surface area (Å²) in [6.45, 7) is 5.42. The van der Waals surface area contributed by atoms with Crippen LogP contribution in [0, 0.1) is 0 Å². The molecular weight excluding hydrogens is 258 g/mol. The van der Waals surface area contributed by atoms with Gasteiger partial charge in [0.1, 0.15) is 17.2 Å². The van der Waals surface area contributed by atoms with Gasteiger partial charge in [-0.25, -0.2) is 4.68 Å². The molecule has 2 aromatic heterocycles. The highest BCUT2D eigenvalue weighted by molar-refractivity contribution is 5.56. The first-order chi connectivity index (χ1) is 9.74. The fourth-order valence-corrected chi connectivity index (χ4v) is 1.80. The van der Waals surface area contributed by atoms with E-state index in [4.69, 9.17) is 15.2 Å². The lowest BCUT2D eigenvalue weighted by Gasteiger charge is -2.17. The van der Waals surface area contributed by atoms with Crippen LogP contribution in [0.4, 0.5) is 5.82 Å². The van der Waals surface area contributed by atoms with E-state index in [0.29, 0.717) is 37.0 Å². The standard InChI is InChI=1S/C13H19N5O2/c1-3-19-13(20-4-2)9-18-12(14)7-10(17-18)11-8-15-5-6-16-11/h5-8,13H,3-4,9,14H2,1-2H3. The zero-order valence-corrected chi connectivity index (χ0v) is 11.7. The van der Waals surface area contributed by atoms with Gasteiger partial charge in [-0.05, 0) is 13.8 Å². The monoisotopic (exact) mass is 277 g/mol. The molecule has 108 valence electrons. The molecule has 0 aliphatic heterocycles. The minimum atomic E-state index is -0.359. The van der Waals surface area contributed by atoms with E-state index in [0.717, 1.165) is 0 Å². The topological polar surface area (TPSA) is 88.1 Å². The Hall–Kier alpha value is -1.99. The molecule has 20 heavy (non-hydrogen) atoms. The average Bonchev–Trinajstić information content (AvgIpc) is 2.82. The molecule has 0 aromatic carbocycles. The third kappa shape index (κ3) is 3.52. The number of ether oxygens (including phenoxy) is 2. The summed E-state index contributed by atoms with van der Waals surface area (Å²) in [4.78, 5) is 8.22. The van der Waals surface area contributed by atoms with Crippen LogP contribution in [0.15, 0.2) is 24.7 Å². The van der Waals surface area contributed by atoms with Crippen molar-refractivity contribution < 1.29 is 9.47 Å². The maximum atomic E-state index is 5.96. The third-order valence-corrected chi connectivity index (χ3v) is 2.66. The molecule has 0 saturated heterocycles. The van der Waals surface area contributed by atoms with Crippen LogP contribution in [-0.2, 0) is 16.0 Å². The summed E-state index contributed by atoms with van der Waals surface area (Å²) in [6.07, 6.45) is 4.52. The first-order valence-electron chi connectivity index (χ1n) is 6.57. The van der Waals surface area contributed by atoms with Crippen molar-refractivity contribution in [2.75, 3.05) is 18.9 Å². The summed E-state index contributed by atoms with van der Waals surface area (Å²) in [5, 5.41) is 4.41. The smallest absolute Gasteiger partial charge is 0.177 e. The minimum absolute atomic E-state index is 0.359. The lowest BCUT2D eigenvalue weighted by molar-refractivity contribution is -0.144. The Kier molecular flexibility index (Phi) is 5.03. The molecule has 0 atom stereocenters. The van der Waals surface area contributed by atoms with Crippen LogP contribution in [0.25, 0.3) is 11.4 Å². The fraction of sp³-hybridized carbons (Fsp3) is 0.462. The van der Waals surface area contributed by atoms with Gasteiger partial charge in [-0.1, -0.05) is 0 Å². The van der Waals surface area contributed by atoms with E-state index in [1.165, 1.54) is 0 Å². The van der Waals surface area contributed by atoms with E-state index in [2.05, 4.69) is 15.1 Å². The van der Waals surface area contributed by atoms with Crippen LogP contribution in [0.5, 0.6) is 0 Å². The Morgan fingerprint density at radius 3 is 2.55 bits per heavy atom. The van der Waals surface area contributed by atoms with Crippen molar-refractivity contribution in [3.05, 3.63) is 24.7 Å². The van der Waals surface area contributed by atoms with E-state index in [-0.39, 0.29) is 6.29 Å². The fourth-order valence-electron chi connectivity index (χ4n) is 1.80. The summed E-state index contributed by atoms with van der Waals surface area (Å²) < 4.78 is 12.6. The Balaban J connectivity index is 2.15. The number of anilines is 1. The quantitative estimate of drug-likeness (QED) is 0.768. The van der Waals surface area contributed by atoms with Gasteiger partial charge in [-0.3, -0.25) is 9.97 Å². The molecule has 2 N–H and O–H groups in total. The normalized spacial score (nSPS) is 11.2. The Morgan fingerprint density at radius 2 is 1.95 bits per heavy atom. The van der Waals surface area contributed by atoms with Crippen molar-refractivity contribution in [3.63, 3.8) is 0 Å².